The van der Waals surface area contributed by atoms with Crippen molar-refractivity contribution in [2.24, 2.45) is 0 Å². The number of hydrogen-bond acceptors (Lipinski definition) is 3. The molecular weight excluding hydrogens is 333 g/mol. The number of carbonyl (C=O) groups excluding carboxylic acids is 1. The Kier molecular flexibility index (Phi) is 4.74. The molecule has 1 unspecified atom stereocenters. The van der Waals surface area contributed by atoms with Gasteiger partial charge in [0.2, 0.25) is 0 Å². The van der Waals surface area contributed by atoms with E-state index >= 15 is 0 Å². The number of aliphatic hydroxyl groups excluding tert-OH is 1. The van der Waals surface area contributed by atoms with Crippen molar-refractivity contribution in [3.05, 3.63) is 68.7 Å². The number of likely N-dealkylation sites (N-methyl/N-ethyl adjacent to an activating group) is 1. The van der Waals surface area contributed by atoms with E-state index in [1.54, 1.807) is 12.1 Å². The fraction of sp³-hybridized carbons (Fsp3) is 0.278. The van der Waals surface area contributed by atoms with E-state index < -0.39 is 6.61 Å². The van der Waals surface area contributed by atoms with Crippen LogP contribution >= 0.6 is 23.2 Å². The van der Waals surface area contributed by atoms with E-state index in [4.69, 9.17) is 28.3 Å². The molecule has 0 bridgehead atoms. The molecule has 2 aromatic rings. The van der Waals surface area contributed by atoms with Crippen LogP contribution in [0.2, 0.25) is 10.0 Å². The van der Waals surface area contributed by atoms with Crippen LogP contribution in [0, 0.1) is 0 Å². The monoisotopic (exact) mass is 349 g/mol. The summed E-state index contributed by atoms with van der Waals surface area (Å²) in [5.41, 5.74) is 3.73. The molecule has 0 spiro atoms. The molecule has 0 saturated heterocycles. The van der Waals surface area contributed by atoms with Gasteiger partial charge in [-0.15, -0.1) is 0 Å². The minimum absolute atomic E-state index is 0.0893. The van der Waals surface area contributed by atoms with Crippen LogP contribution in [0.5, 0.6) is 0 Å². The van der Waals surface area contributed by atoms with Crippen molar-refractivity contribution in [3.63, 3.8) is 0 Å². The second kappa shape index (κ2) is 6.62. The first-order chi connectivity index (χ1) is 11.0. The zero-order valence-corrected chi connectivity index (χ0v) is 14.2. The Balaban J connectivity index is 2.09. The summed E-state index contributed by atoms with van der Waals surface area (Å²) in [5.74, 6) is -0.188. The highest BCUT2D eigenvalue weighted by molar-refractivity contribution is 6.35. The second-order valence-corrected chi connectivity index (χ2v) is 6.76. The van der Waals surface area contributed by atoms with Gasteiger partial charge in [-0.1, -0.05) is 41.4 Å². The third kappa shape index (κ3) is 3.29. The second-order valence-electron chi connectivity index (χ2n) is 5.91. The molecule has 5 heteroatoms. The molecule has 23 heavy (non-hydrogen) atoms. The molecule has 1 aliphatic rings. The minimum Gasteiger partial charge on any atom is -0.388 e. The molecule has 3 nitrogen and oxygen atoms in total. The minimum atomic E-state index is -0.484. The Morgan fingerprint density at radius 1 is 1.30 bits per heavy atom. The van der Waals surface area contributed by atoms with Gasteiger partial charge in [-0.25, -0.2) is 0 Å². The maximum atomic E-state index is 11.8. The average Bonchev–Trinajstić information content (AvgIpc) is 2.54. The zero-order valence-electron chi connectivity index (χ0n) is 12.7. The number of hydrogen-bond donors (Lipinski definition) is 1. The van der Waals surface area contributed by atoms with Crippen molar-refractivity contribution in [2.75, 3.05) is 20.2 Å². The topological polar surface area (TPSA) is 40.5 Å². The number of rotatable bonds is 3. The first-order valence-electron chi connectivity index (χ1n) is 7.40. The Hall–Kier alpha value is -1.39. The maximum absolute atomic E-state index is 11.8. The van der Waals surface area contributed by atoms with E-state index in [0.717, 1.165) is 29.8 Å². The maximum Gasteiger partial charge on any atom is 0.188 e. The number of aliphatic hydroxyl groups is 1. The van der Waals surface area contributed by atoms with Gasteiger partial charge in [0.05, 0.1) is 0 Å². The Labute approximate surface area is 145 Å². The summed E-state index contributed by atoms with van der Waals surface area (Å²) < 4.78 is 0. The highest BCUT2D eigenvalue weighted by Crippen LogP contribution is 2.38. The van der Waals surface area contributed by atoms with Crippen molar-refractivity contribution in [1.29, 1.82) is 0 Å². The lowest BCUT2D eigenvalue weighted by Crippen LogP contribution is -2.31. The molecule has 0 saturated carbocycles. The van der Waals surface area contributed by atoms with Gasteiger partial charge in [0.1, 0.15) is 6.61 Å². The summed E-state index contributed by atoms with van der Waals surface area (Å²) >= 11 is 12.6. The summed E-state index contributed by atoms with van der Waals surface area (Å²) in [5, 5.41) is 10.4. The van der Waals surface area contributed by atoms with Crippen LogP contribution < -0.4 is 0 Å². The van der Waals surface area contributed by atoms with Gasteiger partial charge in [0, 0.05) is 34.6 Å². The summed E-state index contributed by atoms with van der Waals surface area (Å²) in [6.45, 7) is 1.11. The number of Topliss-reactive ketones (excluding diaryl/α,β-unsaturated/α-hetero) is 1. The van der Waals surface area contributed by atoms with E-state index in [-0.39, 0.29) is 11.7 Å². The summed E-state index contributed by atoms with van der Waals surface area (Å²) in [7, 11) is 2.05. The van der Waals surface area contributed by atoms with E-state index in [0.29, 0.717) is 15.6 Å². The predicted octanol–water partition coefficient (Wildman–Crippen LogP) is 3.75. The number of benzene rings is 2. The standard InChI is InChI=1S/C18H17Cl2NO2/c1-21-8-15(11-3-2-4-12(5-11)18(23)10-22)14-6-13(19)7-17(20)16(14)9-21/h2-7,15,22H,8-10H2,1H3. The van der Waals surface area contributed by atoms with Gasteiger partial charge < -0.3 is 10.0 Å². The molecule has 0 radical (unpaired) electrons. The molecule has 0 amide bonds. The van der Waals surface area contributed by atoms with Gasteiger partial charge in [-0.05, 0) is 41.9 Å². The Morgan fingerprint density at radius 2 is 2.09 bits per heavy atom. The Bertz CT molecular complexity index is 761. The smallest absolute Gasteiger partial charge is 0.188 e. The predicted molar refractivity (Wildman–Crippen MR) is 92.5 cm³/mol. The van der Waals surface area contributed by atoms with Crippen LogP contribution in [0.4, 0.5) is 0 Å². The highest BCUT2D eigenvalue weighted by Gasteiger charge is 2.27. The van der Waals surface area contributed by atoms with Gasteiger partial charge in [-0.2, -0.15) is 0 Å². The number of fused-ring (bicyclic) bond motifs is 1. The van der Waals surface area contributed by atoms with Crippen molar-refractivity contribution >= 4 is 29.0 Å². The largest absolute Gasteiger partial charge is 0.388 e. The van der Waals surface area contributed by atoms with Crippen LogP contribution in [-0.2, 0) is 6.54 Å². The number of carbonyl (C=O) groups is 1. The van der Waals surface area contributed by atoms with Crippen LogP contribution in [0.25, 0.3) is 0 Å². The molecule has 1 atom stereocenters. The van der Waals surface area contributed by atoms with Crippen molar-refractivity contribution in [1.82, 2.24) is 4.90 Å². The molecule has 0 aromatic heterocycles. The van der Waals surface area contributed by atoms with Crippen molar-refractivity contribution in [3.8, 4) is 0 Å². The third-order valence-corrected chi connectivity index (χ3v) is 4.80. The molecular formula is C18H17Cl2NO2. The Morgan fingerprint density at radius 3 is 2.83 bits per heavy atom. The highest BCUT2D eigenvalue weighted by atomic mass is 35.5. The summed E-state index contributed by atoms with van der Waals surface area (Å²) in [6, 6.07) is 11.1. The normalized spacial score (nSPS) is 17.8. The lowest BCUT2D eigenvalue weighted by atomic mass is 9.84. The zero-order chi connectivity index (χ0) is 16.6. The van der Waals surface area contributed by atoms with Crippen molar-refractivity contribution < 1.29 is 9.90 Å². The van der Waals surface area contributed by atoms with E-state index in [1.807, 2.05) is 31.3 Å². The van der Waals surface area contributed by atoms with E-state index in [1.165, 1.54) is 0 Å². The van der Waals surface area contributed by atoms with Crippen LogP contribution in [0.15, 0.2) is 36.4 Å². The lowest BCUT2D eigenvalue weighted by molar-refractivity contribution is 0.0903. The molecule has 3 rings (SSSR count). The quantitative estimate of drug-likeness (QED) is 0.858. The third-order valence-electron chi connectivity index (χ3n) is 4.25. The molecule has 1 N–H and O–H groups in total. The van der Waals surface area contributed by atoms with Gasteiger partial charge in [0.15, 0.2) is 5.78 Å². The first-order valence-corrected chi connectivity index (χ1v) is 8.15. The first kappa shape index (κ1) is 16.5. The summed E-state index contributed by atoms with van der Waals surface area (Å²) in [6.07, 6.45) is 0. The summed E-state index contributed by atoms with van der Waals surface area (Å²) in [4.78, 5) is 14.0. The molecule has 0 fully saturated rings. The fourth-order valence-corrected chi connectivity index (χ4v) is 3.72. The molecule has 120 valence electrons. The van der Waals surface area contributed by atoms with Crippen LogP contribution in [0.3, 0.4) is 0 Å². The molecule has 1 heterocycles. The number of ketones is 1. The van der Waals surface area contributed by atoms with Crippen LogP contribution in [0.1, 0.15) is 33.0 Å². The van der Waals surface area contributed by atoms with Gasteiger partial charge in [0.25, 0.3) is 0 Å². The van der Waals surface area contributed by atoms with Gasteiger partial charge in [-0.3, -0.25) is 4.79 Å². The van der Waals surface area contributed by atoms with E-state index in [2.05, 4.69) is 4.90 Å². The SMILES string of the molecule is CN1Cc2c(Cl)cc(Cl)cc2C(c2cccc(C(=O)CO)c2)C1. The molecule has 1 aliphatic heterocycles. The average molecular weight is 350 g/mol. The van der Waals surface area contributed by atoms with Crippen LogP contribution in [-0.4, -0.2) is 36.0 Å². The molecule has 0 aliphatic carbocycles. The lowest BCUT2D eigenvalue weighted by Gasteiger charge is -2.33. The number of halogens is 2. The molecule has 2 aromatic carbocycles. The van der Waals surface area contributed by atoms with Gasteiger partial charge >= 0.3 is 0 Å². The van der Waals surface area contributed by atoms with E-state index in [9.17, 15) is 4.79 Å². The fourth-order valence-electron chi connectivity index (χ4n) is 3.15. The number of nitrogens with zero attached hydrogens (tertiary/aromatic N) is 1. The van der Waals surface area contributed by atoms with Crippen molar-refractivity contribution in [2.45, 2.75) is 12.5 Å².